The Balaban J connectivity index is 1.71. The standard InChI is InChI=1S/C17H28N4O2/c1-4-5-14-12-15(18-23-14)16(22)21-11-10-20(3)17(13-21)6-8-19(2)9-7-17/h12H,4-11,13H2,1-3H3. The predicted molar refractivity (Wildman–Crippen MR) is 88.5 cm³/mol. The fourth-order valence-electron chi connectivity index (χ4n) is 3.75. The Kier molecular flexibility index (Phi) is 4.73. The number of carbonyl (C=O) groups excluding carboxylic acids is 1. The van der Waals surface area contributed by atoms with Gasteiger partial charge in [0.1, 0.15) is 5.76 Å². The molecule has 2 aliphatic heterocycles. The van der Waals surface area contributed by atoms with E-state index < -0.39 is 0 Å². The lowest BCUT2D eigenvalue weighted by Gasteiger charge is -2.52. The van der Waals surface area contributed by atoms with E-state index in [9.17, 15) is 4.79 Å². The van der Waals surface area contributed by atoms with Crippen LogP contribution >= 0.6 is 0 Å². The van der Waals surface area contributed by atoms with Gasteiger partial charge in [0.2, 0.25) is 0 Å². The van der Waals surface area contributed by atoms with Crippen molar-refractivity contribution in [3.63, 3.8) is 0 Å². The molecule has 23 heavy (non-hydrogen) atoms. The Hall–Kier alpha value is -1.40. The summed E-state index contributed by atoms with van der Waals surface area (Å²) in [6, 6.07) is 1.81. The third-order valence-electron chi connectivity index (χ3n) is 5.48. The number of nitrogens with zero attached hydrogens (tertiary/aromatic N) is 4. The zero-order valence-electron chi connectivity index (χ0n) is 14.5. The number of hydrogen-bond donors (Lipinski definition) is 0. The second-order valence-corrected chi connectivity index (χ2v) is 7.10. The third kappa shape index (κ3) is 3.28. The van der Waals surface area contributed by atoms with Crippen LogP contribution in [-0.4, -0.2) is 78.1 Å². The van der Waals surface area contributed by atoms with E-state index in [1.807, 2.05) is 11.0 Å². The molecule has 6 nitrogen and oxygen atoms in total. The number of aromatic nitrogens is 1. The zero-order valence-corrected chi connectivity index (χ0v) is 14.5. The molecule has 2 aliphatic rings. The minimum absolute atomic E-state index is 0.0162. The van der Waals surface area contributed by atoms with E-state index in [2.05, 4.69) is 36.0 Å². The number of hydrogen-bond acceptors (Lipinski definition) is 5. The third-order valence-corrected chi connectivity index (χ3v) is 5.48. The maximum absolute atomic E-state index is 12.8. The Morgan fingerprint density at radius 3 is 2.70 bits per heavy atom. The van der Waals surface area contributed by atoms with Gasteiger partial charge in [-0.25, -0.2) is 0 Å². The van der Waals surface area contributed by atoms with Gasteiger partial charge in [-0.15, -0.1) is 0 Å². The van der Waals surface area contributed by atoms with E-state index >= 15 is 0 Å². The number of likely N-dealkylation sites (N-methyl/N-ethyl adjacent to an activating group) is 1. The Labute approximate surface area is 138 Å². The number of likely N-dealkylation sites (tertiary alicyclic amines) is 1. The van der Waals surface area contributed by atoms with Crippen molar-refractivity contribution in [3.8, 4) is 0 Å². The maximum Gasteiger partial charge on any atom is 0.276 e. The molecule has 0 bridgehead atoms. The van der Waals surface area contributed by atoms with Gasteiger partial charge in [0, 0.05) is 37.7 Å². The normalized spacial score (nSPS) is 22.7. The van der Waals surface area contributed by atoms with Crippen LogP contribution in [0, 0.1) is 0 Å². The Morgan fingerprint density at radius 2 is 2.00 bits per heavy atom. The molecule has 0 saturated carbocycles. The molecule has 1 amide bonds. The molecule has 1 aromatic heterocycles. The van der Waals surface area contributed by atoms with E-state index in [0.717, 1.165) is 64.2 Å². The van der Waals surface area contributed by atoms with Crippen molar-refractivity contribution in [2.24, 2.45) is 0 Å². The summed E-state index contributed by atoms with van der Waals surface area (Å²) in [6.07, 6.45) is 4.06. The summed E-state index contributed by atoms with van der Waals surface area (Å²) >= 11 is 0. The van der Waals surface area contributed by atoms with E-state index in [-0.39, 0.29) is 11.4 Å². The summed E-state index contributed by atoms with van der Waals surface area (Å²) in [4.78, 5) is 19.6. The summed E-state index contributed by atoms with van der Waals surface area (Å²) in [5.74, 6) is 0.821. The van der Waals surface area contributed by atoms with Crippen molar-refractivity contribution in [2.75, 3.05) is 46.8 Å². The highest BCUT2D eigenvalue weighted by Crippen LogP contribution is 2.31. The second kappa shape index (κ2) is 6.61. The zero-order chi connectivity index (χ0) is 16.4. The van der Waals surface area contributed by atoms with Gasteiger partial charge in [0.15, 0.2) is 5.69 Å². The van der Waals surface area contributed by atoms with Gasteiger partial charge >= 0.3 is 0 Å². The molecule has 0 unspecified atom stereocenters. The van der Waals surface area contributed by atoms with E-state index in [1.54, 1.807) is 0 Å². The van der Waals surface area contributed by atoms with E-state index in [4.69, 9.17) is 4.52 Å². The molecule has 0 radical (unpaired) electrons. The summed E-state index contributed by atoms with van der Waals surface area (Å²) in [5.41, 5.74) is 0.581. The quantitative estimate of drug-likeness (QED) is 0.844. The molecular formula is C17H28N4O2. The van der Waals surface area contributed by atoms with Gasteiger partial charge in [-0.1, -0.05) is 12.1 Å². The molecule has 0 atom stereocenters. The summed E-state index contributed by atoms with van der Waals surface area (Å²) in [6.45, 7) is 6.77. The first-order valence-electron chi connectivity index (χ1n) is 8.69. The van der Waals surface area contributed by atoms with Crippen molar-refractivity contribution in [1.82, 2.24) is 19.9 Å². The molecule has 1 aromatic rings. The summed E-state index contributed by atoms with van der Waals surface area (Å²) < 4.78 is 5.27. The molecule has 2 fully saturated rings. The number of carbonyl (C=O) groups is 1. The lowest BCUT2D eigenvalue weighted by Crippen LogP contribution is -2.65. The highest BCUT2D eigenvalue weighted by Gasteiger charge is 2.43. The van der Waals surface area contributed by atoms with Gasteiger partial charge in [0.25, 0.3) is 5.91 Å². The molecule has 0 aromatic carbocycles. The molecule has 1 spiro atoms. The lowest BCUT2D eigenvalue weighted by atomic mass is 9.84. The van der Waals surface area contributed by atoms with Crippen molar-refractivity contribution >= 4 is 5.91 Å². The van der Waals surface area contributed by atoms with Crippen LogP contribution in [0.4, 0.5) is 0 Å². The minimum Gasteiger partial charge on any atom is -0.361 e. The van der Waals surface area contributed by atoms with Gasteiger partial charge < -0.3 is 14.3 Å². The number of aryl methyl sites for hydroxylation is 1. The first kappa shape index (κ1) is 16.5. The SMILES string of the molecule is CCCc1cc(C(=O)N2CCN(C)C3(CCN(C)CC3)C2)no1. The molecule has 0 N–H and O–H groups in total. The van der Waals surface area contributed by atoms with Crippen molar-refractivity contribution in [2.45, 2.75) is 38.1 Å². The van der Waals surface area contributed by atoms with Crippen LogP contribution < -0.4 is 0 Å². The fourth-order valence-corrected chi connectivity index (χ4v) is 3.75. The van der Waals surface area contributed by atoms with Crippen LogP contribution in [0.2, 0.25) is 0 Å². The average molecular weight is 320 g/mol. The molecule has 128 valence electrons. The molecule has 2 saturated heterocycles. The highest BCUT2D eigenvalue weighted by atomic mass is 16.5. The number of amides is 1. The summed E-state index contributed by atoms with van der Waals surface area (Å²) in [5, 5.41) is 3.99. The van der Waals surface area contributed by atoms with E-state index in [1.165, 1.54) is 0 Å². The fraction of sp³-hybridized carbons (Fsp3) is 0.765. The first-order valence-corrected chi connectivity index (χ1v) is 8.69. The maximum atomic E-state index is 12.8. The van der Waals surface area contributed by atoms with Crippen LogP contribution in [0.3, 0.4) is 0 Å². The van der Waals surface area contributed by atoms with Gasteiger partial charge in [-0.2, -0.15) is 0 Å². The minimum atomic E-state index is 0.0162. The van der Waals surface area contributed by atoms with Crippen LogP contribution in [0.5, 0.6) is 0 Å². The molecule has 6 heteroatoms. The largest absolute Gasteiger partial charge is 0.361 e. The van der Waals surface area contributed by atoms with Crippen molar-refractivity contribution < 1.29 is 9.32 Å². The Bertz CT molecular complexity index is 549. The van der Waals surface area contributed by atoms with Gasteiger partial charge in [0.05, 0.1) is 0 Å². The van der Waals surface area contributed by atoms with Crippen molar-refractivity contribution in [1.29, 1.82) is 0 Å². The van der Waals surface area contributed by atoms with E-state index in [0.29, 0.717) is 5.69 Å². The van der Waals surface area contributed by atoms with Crippen LogP contribution in [0.1, 0.15) is 42.4 Å². The number of piperidine rings is 1. The van der Waals surface area contributed by atoms with Crippen LogP contribution in [0.15, 0.2) is 10.6 Å². The Morgan fingerprint density at radius 1 is 1.26 bits per heavy atom. The topological polar surface area (TPSA) is 52.8 Å². The van der Waals surface area contributed by atoms with Gasteiger partial charge in [-0.3, -0.25) is 9.69 Å². The predicted octanol–water partition coefficient (Wildman–Crippen LogP) is 1.48. The second-order valence-electron chi connectivity index (χ2n) is 7.10. The summed E-state index contributed by atoms with van der Waals surface area (Å²) in [7, 11) is 4.37. The molecular weight excluding hydrogens is 292 g/mol. The smallest absolute Gasteiger partial charge is 0.276 e. The monoisotopic (exact) mass is 320 g/mol. The van der Waals surface area contributed by atoms with Gasteiger partial charge in [-0.05, 0) is 46.4 Å². The molecule has 3 heterocycles. The number of rotatable bonds is 3. The average Bonchev–Trinajstić information content (AvgIpc) is 3.01. The molecule has 0 aliphatic carbocycles. The van der Waals surface area contributed by atoms with Crippen LogP contribution in [-0.2, 0) is 6.42 Å². The highest BCUT2D eigenvalue weighted by molar-refractivity contribution is 5.92. The van der Waals surface area contributed by atoms with Crippen molar-refractivity contribution in [3.05, 3.63) is 17.5 Å². The lowest BCUT2D eigenvalue weighted by molar-refractivity contribution is -0.0173. The van der Waals surface area contributed by atoms with Crippen LogP contribution in [0.25, 0.3) is 0 Å². The number of piperazine rings is 1. The first-order chi connectivity index (χ1) is 11.0. The molecule has 3 rings (SSSR count).